The molecular formula is C22H26Br2O5. The number of hydrogen-bond acceptors (Lipinski definition) is 5. The first kappa shape index (κ1) is 22.6. The molecule has 1 N–H and O–H groups in total. The van der Waals surface area contributed by atoms with Crippen LogP contribution in [0.3, 0.4) is 0 Å². The van der Waals surface area contributed by atoms with Crippen LogP contribution >= 0.6 is 31.9 Å². The van der Waals surface area contributed by atoms with E-state index < -0.39 is 5.60 Å². The average molecular weight is 530 g/mol. The van der Waals surface area contributed by atoms with E-state index in [-0.39, 0.29) is 0 Å². The van der Waals surface area contributed by atoms with Crippen molar-refractivity contribution in [3.63, 3.8) is 0 Å². The maximum absolute atomic E-state index is 10.3. The molecule has 4 rings (SSSR count). The lowest BCUT2D eigenvalue weighted by Crippen LogP contribution is -2.25. The number of rotatable bonds is 4. The molecule has 158 valence electrons. The van der Waals surface area contributed by atoms with Gasteiger partial charge in [0.25, 0.3) is 0 Å². The van der Waals surface area contributed by atoms with Gasteiger partial charge in [-0.2, -0.15) is 0 Å². The highest BCUT2D eigenvalue weighted by Gasteiger charge is 2.34. The van der Waals surface area contributed by atoms with Crippen molar-refractivity contribution in [2.75, 3.05) is 40.6 Å². The highest BCUT2D eigenvalue weighted by Crippen LogP contribution is 2.35. The van der Waals surface area contributed by atoms with E-state index in [0.29, 0.717) is 25.6 Å². The Labute approximate surface area is 188 Å². The molecule has 0 radical (unpaired) electrons. The van der Waals surface area contributed by atoms with E-state index in [2.05, 4.69) is 44.0 Å². The van der Waals surface area contributed by atoms with Gasteiger partial charge in [-0.3, -0.25) is 0 Å². The summed E-state index contributed by atoms with van der Waals surface area (Å²) in [4.78, 5) is 0. The molecule has 2 fully saturated rings. The first-order valence-electron chi connectivity index (χ1n) is 9.52. The Kier molecular flexibility index (Phi) is 7.99. The Bertz CT molecular complexity index is 815. The molecule has 2 unspecified atom stereocenters. The Morgan fingerprint density at radius 1 is 0.966 bits per heavy atom. The third kappa shape index (κ3) is 5.52. The van der Waals surface area contributed by atoms with Gasteiger partial charge in [0.05, 0.1) is 36.4 Å². The second-order valence-electron chi connectivity index (χ2n) is 7.14. The van der Waals surface area contributed by atoms with E-state index in [1.165, 1.54) is 5.56 Å². The van der Waals surface area contributed by atoms with Gasteiger partial charge in [-0.05, 0) is 73.7 Å². The van der Waals surface area contributed by atoms with Gasteiger partial charge in [-0.25, -0.2) is 0 Å². The summed E-state index contributed by atoms with van der Waals surface area (Å²) < 4.78 is 22.9. The molecule has 2 heterocycles. The molecule has 0 saturated carbocycles. The van der Waals surface area contributed by atoms with Gasteiger partial charge < -0.3 is 24.1 Å². The summed E-state index contributed by atoms with van der Waals surface area (Å²) in [5, 5.41) is 10.3. The lowest BCUT2D eigenvalue weighted by Gasteiger charge is -2.21. The third-order valence-electron chi connectivity index (χ3n) is 5.27. The van der Waals surface area contributed by atoms with Crippen molar-refractivity contribution in [3.05, 3.63) is 56.5 Å². The highest BCUT2D eigenvalue weighted by molar-refractivity contribution is 9.10. The zero-order chi connectivity index (χ0) is 20.9. The van der Waals surface area contributed by atoms with Crippen LogP contribution in [0.4, 0.5) is 0 Å². The summed E-state index contributed by atoms with van der Waals surface area (Å²) in [5.74, 6) is 2.17. The molecule has 0 spiro atoms. The summed E-state index contributed by atoms with van der Waals surface area (Å²) >= 11 is 6.82. The minimum atomic E-state index is -0.853. The lowest BCUT2D eigenvalue weighted by atomic mass is 9.93. The number of methoxy groups -OCH3 is 2. The van der Waals surface area contributed by atoms with Crippen LogP contribution < -0.4 is 9.47 Å². The zero-order valence-corrected chi connectivity index (χ0v) is 19.8. The summed E-state index contributed by atoms with van der Waals surface area (Å²) in [7, 11) is 3.30. The topological polar surface area (TPSA) is 57.2 Å². The molecule has 2 aromatic rings. The molecule has 2 aromatic carbocycles. The number of aliphatic hydroxyl groups is 1. The highest BCUT2D eigenvalue weighted by atomic mass is 79.9. The quantitative estimate of drug-likeness (QED) is 0.602. The molecule has 2 aliphatic heterocycles. The predicted molar refractivity (Wildman–Crippen MR) is 119 cm³/mol. The van der Waals surface area contributed by atoms with Crippen LogP contribution in [0.1, 0.15) is 29.9 Å². The SMILES string of the molecule is COc1cc(C2(O)CCOC2)ccc1Br.COc1cc(C2CCOC2)ccc1Br. The van der Waals surface area contributed by atoms with Crippen molar-refractivity contribution >= 4 is 31.9 Å². The van der Waals surface area contributed by atoms with Crippen LogP contribution in [0.15, 0.2) is 45.3 Å². The molecule has 0 bridgehead atoms. The van der Waals surface area contributed by atoms with Crippen molar-refractivity contribution in [2.45, 2.75) is 24.4 Å². The fraction of sp³-hybridized carbons (Fsp3) is 0.455. The van der Waals surface area contributed by atoms with Gasteiger partial charge >= 0.3 is 0 Å². The number of benzene rings is 2. The van der Waals surface area contributed by atoms with E-state index in [1.807, 2.05) is 24.3 Å². The van der Waals surface area contributed by atoms with Crippen LogP contribution in [-0.4, -0.2) is 45.8 Å². The van der Waals surface area contributed by atoms with Crippen molar-refractivity contribution in [1.29, 1.82) is 0 Å². The van der Waals surface area contributed by atoms with E-state index in [0.717, 1.165) is 45.6 Å². The third-order valence-corrected chi connectivity index (χ3v) is 6.58. The minimum absolute atomic E-state index is 0.359. The molecule has 7 heteroatoms. The Hall–Kier alpha value is -1.12. The second kappa shape index (κ2) is 10.3. The van der Waals surface area contributed by atoms with Gasteiger partial charge in [-0.15, -0.1) is 0 Å². The fourth-order valence-corrected chi connectivity index (χ4v) is 4.28. The molecule has 5 nitrogen and oxygen atoms in total. The van der Waals surface area contributed by atoms with E-state index in [9.17, 15) is 5.11 Å². The molecule has 2 aliphatic rings. The average Bonchev–Trinajstić information content (AvgIpc) is 3.42. The zero-order valence-electron chi connectivity index (χ0n) is 16.6. The van der Waals surface area contributed by atoms with Gasteiger partial charge in [-0.1, -0.05) is 12.1 Å². The second-order valence-corrected chi connectivity index (χ2v) is 8.85. The van der Waals surface area contributed by atoms with Crippen LogP contribution in [0.2, 0.25) is 0 Å². The maximum Gasteiger partial charge on any atom is 0.133 e. The first-order chi connectivity index (χ1) is 14.0. The van der Waals surface area contributed by atoms with Crippen LogP contribution in [-0.2, 0) is 15.1 Å². The number of ether oxygens (including phenoxy) is 4. The number of halogens is 2. The van der Waals surface area contributed by atoms with Crippen molar-refractivity contribution in [1.82, 2.24) is 0 Å². The molecule has 0 aromatic heterocycles. The van der Waals surface area contributed by atoms with Crippen LogP contribution in [0.25, 0.3) is 0 Å². The molecule has 0 amide bonds. The summed E-state index contributed by atoms with van der Waals surface area (Å²) in [6, 6.07) is 11.9. The Balaban J connectivity index is 0.000000166. The molecule has 2 atom stereocenters. The molecular weight excluding hydrogens is 504 g/mol. The minimum Gasteiger partial charge on any atom is -0.496 e. The van der Waals surface area contributed by atoms with Gasteiger partial charge in [0, 0.05) is 25.6 Å². The summed E-state index contributed by atoms with van der Waals surface area (Å²) in [6.07, 6.45) is 1.75. The van der Waals surface area contributed by atoms with Crippen molar-refractivity contribution in [2.24, 2.45) is 0 Å². The first-order valence-corrected chi connectivity index (χ1v) is 11.1. The fourth-order valence-electron chi connectivity index (χ4n) is 3.46. The van der Waals surface area contributed by atoms with Crippen LogP contribution in [0.5, 0.6) is 11.5 Å². The monoisotopic (exact) mass is 528 g/mol. The predicted octanol–water partition coefficient (Wildman–Crippen LogP) is 5.03. The molecule has 0 aliphatic carbocycles. The molecule has 29 heavy (non-hydrogen) atoms. The standard InChI is InChI=1S/C11H13BrO3.C11H13BrO2/c1-14-10-6-8(2-3-9(10)12)11(13)4-5-15-7-11;1-13-11-6-8(2-3-10(11)12)9-4-5-14-7-9/h2-3,6,13H,4-5,7H2,1H3;2-3,6,9H,4-5,7H2,1H3. The van der Waals surface area contributed by atoms with E-state index in [1.54, 1.807) is 14.2 Å². The van der Waals surface area contributed by atoms with Crippen molar-refractivity contribution < 1.29 is 24.1 Å². The van der Waals surface area contributed by atoms with E-state index >= 15 is 0 Å². The van der Waals surface area contributed by atoms with Gasteiger partial charge in [0.1, 0.15) is 17.1 Å². The lowest BCUT2D eigenvalue weighted by molar-refractivity contribution is 0.0230. The Morgan fingerprint density at radius 3 is 2.24 bits per heavy atom. The van der Waals surface area contributed by atoms with Gasteiger partial charge in [0.2, 0.25) is 0 Å². The molecule has 2 saturated heterocycles. The normalized spacial score (nSPS) is 23.4. The number of hydrogen-bond donors (Lipinski definition) is 1. The van der Waals surface area contributed by atoms with Crippen molar-refractivity contribution in [3.8, 4) is 11.5 Å². The van der Waals surface area contributed by atoms with E-state index in [4.69, 9.17) is 18.9 Å². The smallest absolute Gasteiger partial charge is 0.133 e. The maximum atomic E-state index is 10.3. The summed E-state index contributed by atoms with van der Waals surface area (Å²) in [6.45, 7) is 2.68. The largest absolute Gasteiger partial charge is 0.496 e. The Morgan fingerprint density at radius 2 is 1.66 bits per heavy atom. The summed E-state index contributed by atoms with van der Waals surface area (Å²) in [5.41, 5.74) is 1.30. The van der Waals surface area contributed by atoms with Gasteiger partial charge in [0.15, 0.2) is 0 Å². The van der Waals surface area contributed by atoms with Crippen LogP contribution in [0, 0.1) is 0 Å².